The molecule has 1 aliphatic carbocycles. The second-order valence-electron chi connectivity index (χ2n) is 6.24. The minimum Gasteiger partial charge on any atom is -0.388 e. The molecule has 0 radical (unpaired) electrons. The molecule has 0 saturated heterocycles. The zero-order valence-electron chi connectivity index (χ0n) is 11.7. The van der Waals surface area contributed by atoms with Gasteiger partial charge in [0.25, 0.3) is 0 Å². The molecule has 1 aromatic rings. The molecule has 1 nitrogen and oxygen atoms in total. The average Bonchev–Trinajstić information content (AvgIpc) is 2.82. The van der Waals surface area contributed by atoms with E-state index in [1.54, 1.807) is 0 Å². The van der Waals surface area contributed by atoms with Crippen LogP contribution in [0.25, 0.3) is 0 Å². The molecule has 1 N–H and O–H groups in total. The minimum absolute atomic E-state index is 0.263. The number of aliphatic hydroxyl groups is 1. The van der Waals surface area contributed by atoms with Crippen molar-refractivity contribution in [1.29, 1.82) is 0 Å². The largest absolute Gasteiger partial charge is 0.388 e. The van der Waals surface area contributed by atoms with Gasteiger partial charge in [-0.1, -0.05) is 63.8 Å². The fourth-order valence-electron chi connectivity index (χ4n) is 3.05. The Morgan fingerprint density at radius 3 is 2.28 bits per heavy atom. The minimum atomic E-state index is -0.263. The third kappa shape index (κ3) is 3.84. The SMILES string of the molecule is CC(C)Cc1ccc(C(O)CC2CCCC2)cc1. The van der Waals surface area contributed by atoms with Gasteiger partial charge in [-0.05, 0) is 35.8 Å². The fraction of sp³-hybridized carbons (Fsp3) is 0.647. The summed E-state index contributed by atoms with van der Waals surface area (Å²) in [7, 11) is 0. The first kappa shape index (κ1) is 13.6. The first-order valence-electron chi connectivity index (χ1n) is 7.42. The Labute approximate surface area is 111 Å². The molecule has 1 heteroatoms. The summed E-state index contributed by atoms with van der Waals surface area (Å²) in [6.45, 7) is 4.48. The molecule has 1 saturated carbocycles. The summed E-state index contributed by atoms with van der Waals surface area (Å²) in [5.74, 6) is 1.44. The van der Waals surface area contributed by atoms with Crippen LogP contribution in [0.2, 0.25) is 0 Å². The summed E-state index contributed by atoms with van der Waals surface area (Å²) < 4.78 is 0. The van der Waals surface area contributed by atoms with Gasteiger partial charge >= 0.3 is 0 Å². The van der Waals surface area contributed by atoms with Crippen LogP contribution in [0.1, 0.15) is 63.2 Å². The molecule has 1 aliphatic rings. The molecule has 18 heavy (non-hydrogen) atoms. The van der Waals surface area contributed by atoms with Crippen molar-refractivity contribution < 1.29 is 5.11 Å². The van der Waals surface area contributed by atoms with Crippen molar-refractivity contribution in [2.24, 2.45) is 11.8 Å². The van der Waals surface area contributed by atoms with Crippen molar-refractivity contribution in [3.63, 3.8) is 0 Å². The molecule has 2 rings (SSSR count). The summed E-state index contributed by atoms with van der Waals surface area (Å²) >= 11 is 0. The van der Waals surface area contributed by atoms with Crippen LogP contribution in [0, 0.1) is 11.8 Å². The molecule has 0 amide bonds. The van der Waals surface area contributed by atoms with E-state index < -0.39 is 0 Å². The number of hydrogen-bond acceptors (Lipinski definition) is 1. The maximum Gasteiger partial charge on any atom is 0.0792 e. The van der Waals surface area contributed by atoms with Gasteiger partial charge in [0.15, 0.2) is 0 Å². The molecule has 1 unspecified atom stereocenters. The number of hydrogen-bond donors (Lipinski definition) is 1. The Balaban J connectivity index is 1.91. The van der Waals surface area contributed by atoms with E-state index in [0.717, 1.165) is 24.3 Å². The van der Waals surface area contributed by atoms with E-state index in [1.807, 2.05) is 0 Å². The lowest BCUT2D eigenvalue weighted by Crippen LogP contribution is -2.04. The zero-order valence-corrected chi connectivity index (χ0v) is 11.7. The third-order valence-corrected chi connectivity index (χ3v) is 4.04. The van der Waals surface area contributed by atoms with Gasteiger partial charge in [-0.25, -0.2) is 0 Å². The van der Waals surface area contributed by atoms with Gasteiger partial charge in [0.05, 0.1) is 6.10 Å². The first-order valence-corrected chi connectivity index (χ1v) is 7.42. The molecule has 1 aromatic carbocycles. The van der Waals surface area contributed by atoms with Gasteiger partial charge in [0, 0.05) is 0 Å². The number of rotatable bonds is 5. The van der Waals surface area contributed by atoms with Crippen molar-refractivity contribution in [2.45, 2.75) is 58.5 Å². The lowest BCUT2D eigenvalue weighted by Gasteiger charge is -2.16. The molecular formula is C17H26O. The molecule has 0 aromatic heterocycles. The van der Waals surface area contributed by atoms with Gasteiger partial charge in [0.1, 0.15) is 0 Å². The predicted molar refractivity (Wildman–Crippen MR) is 76.5 cm³/mol. The van der Waals surface area contributed by atoms with Gasteiger partial charge in [-0.15, -0.1) is 0 Å². The molecule has 0 aliphatic heterocycles. The van der Waals surface area contributed by atoms with E-state index in [0.29, 0.717) is 5.92 Å². The van der Waals surface area contributed by atoms with Crippen LogP contribution < -0.4 is 0 Å². The zero-order chi connectivity index (χ0) is 13.0. The monoisotopic (exact) mass is 246 g/mol. The second kappa shape index (κ2) is 6.38. The average molecular weight is 246 g/mol. The van der Waals surface area contributed by atoms with E-state index in [1.165, 1.54) is 31.2 Å². The molecule has 1 atom stereocenters. The summed E-state index contributed by atoms with van der Waals surface area (Å²) in [6.07, 6.45) is 7.13. The van der Waals surface area contributed by atoms with Crippen molar-refractivity contribution >= 4 is 0 Å². The van der Waals surface area contributed by atoms with E-state index in [2.05, 4.69) is 38.1 Å². The van der Waals surface area contributed by atoms with Crippen molar-refractivity contribution in [3.05, 3.63) is 35.4 Å². The highest BCUT2D eigenvalue weighted by molar-refractivity contribution is 5.24. The van der Waals surface area contributed by atoms with E-state index in [-0.39, 0.29) is 6.10 Å². The maximum absolute atomic E-state index is 10.3. The van der Waals surface area contributed by atoms with Crippen LogP contribution >= 0.6 is 0 Å². The van der Waals surface area contributed by atoms with Crippen LogP contribution in [0.5, 0.6) is 0 Å². The first-order chi connectivity index (χ1) is 8.65. The van der Waals surface area contributed by atoms with Gasteiger partial charge in [0.2, 0.25) is 0 Å². The molecular weight excluding hydrogens is 220 g/mol. The summed E-state index contributed by atoms with van der Waals surface area (Å²) in [5, 5.41) is 10.3. The highest BCUT2D eigenvalue weighted by atomic mass is 16.3. The highest BCUT2D eigenvalue weighted by Crippen LogP contribution is 2.32. The van der Waals surface area contributed by atoms with Crippen LogP contribution in [-0.2, 0) is 6.42 Å². The van der Waals surface area contributed by atoms with E-state index >= 15 is 0 Å². The van der Waals surface area contributed by atoms with Gasteiger partial charge < -0.3 is 5.11 Å². The normalized spacial score (nSPS) is 18.4. The Hall–Kier alpha value is -0.820. The van der Waals surface area contributed by atoms with E-state index in [4.69, 9.17) is 0 Å². The number of aliphatic hydroxyl groups excluding tert-OH is 1. The van der Waals surface area contributed by atoms with Crippen LogP contribution in [0.3, 0.4) is 0 Å². The number of benzene rings is 1. The molecule has 1 fully saturated rings. The van der Waals surface area contributed by atoms with Gasteiger partial charge in [-0.2, -0.15) is 0 Å². The quantitative estimate of drug-likeness (QED) is 0.811. The van der Waals surface area contributed by atoms with Crippen molar-refractivity contribution in [2.75, 3.05) is 0 Å². The van der Waals surface area contributed by atoms with Crippen molar-refractivity contribution in [3.8, 4) is 0 Å². The molecule has 100 valence electrons. The lowest BCUT2D eigenvalue weighted by molar-refractivity contribution is 0.145. The smallest absolute Gasteiger partial charge is 0.0792 e. The fourth-order valence-corrected chi connectivity index (χ4v) is 3.05. The Morgan fingerprint density at radius 1 is 1.11 bits per heavy atom. The van der Waals surface area contributed by atoms with Crippen LogP contribution in [0.4, 0.5) is 0 Å². The van der Waals surface area contributed by atoms with Gasteiger partial charge in [-0.3, -0.25) is 0 Å². The maximum atomic E-state index is 10.3. The summed E-state index contributed by atoms with van der Waals surface area (Å²) in [5.41, 5.74) is 2.47. The van der Waals surface area contributed by atoms with Crippen LogP contribution in [0.15, 0.2) is 24.3 Å². The highest BCUT2D eigenvalue weighted by Gasteiger charge is 2.19. The van der Waals surface area contributed by atoms with E-state index in [9.17, 15) is 5.11 Å². The topological polar surface area (TPSA) is 20.2 Å². The standard InChI is InChI=1S/C17H26O/c1-13(2)11-15-7-9-16(10-8-15)17(18)12-14-5-3-4-6-14/h7-10,13-14,17-18H,3-6,11-12H2,1-2H3. The Morgan fingerprint density at radius 2 is 1.72 bits per heavy atom. The molecule has 0 heterocycles. The summed E-state index contributed by atoms with van der Waals surface area (Å²) in [6, 6.07) is 8.56. The molecule has 0 spiro atoms. The van der Waals surface area contributed by atoms with Crippen LogP contribution in [-0.4, -0.2) is 5.11 Å². The Bertz CT molecular complexity index is 346. The van der Waals surface area contributed by atoms with Crippen molar-refractivity contribution in [1.82, 2.24) is 0 Å². The predicted octanol–water partition coefficient (Wildman–Crippen LogP) is 4.50. The third-order valence-electron chi connectivity index (χ3n) is 4.04. The Kier molecular flexibility index (Phi) is 4.82. The summed E-state index contributed by atoms with van der Waals surface area (Å²) in [4.78, 5) is 0. The lowest BCUT2D eigenvalue weighted by atomic mass is 9.94. The molecule has 0 bridgehead atoms. The second-order valence-corrected chi connectivity index (χ2v) is 6.24.